The van der Waals surface area contributed by atoms with Gasteiger partial charge in [0.15, 0.2) is 0 Å². The highest BCUT2D eigenvalue weighted by molar-refractivity contribution is 5.38. The Morgan fingerprint density at radius 2 is 2.11 bits per heavy atom. The van der Waals surface area contributed by atoms with E-state index in [4.69, 9.17) is 4.74 Å². The fourth-order valence-electron chi connectivity index (χ4n) is 2.54. The van der Waals surface area contributed by atoms with E-state index in [1.807, 2.05) is 12.1 Å². The molecule has 1 heterocycles. The first-order valence-electron chi connectivity index (χ1n) is 6.48. The summed E-state index contributed by atoms with van der Waals surface area (Å²) in [5.41, 5.74) is 2.47. The van der Waals surface area contributed by atoms with Crippen molar-refractivity contribution < 1.29 is 4.74 Å². The molecule has 0 spiro atoms. The second-order valence-corrected chi connectivity index (χ2v) is 4.70. The predicted octanol–water partition coefficient (Wildman–Crippen LogP) is 2.14. The van der Waals surface area contributed by atoms with Gasteiger partial charge in [-0.25, -0.2) is 0 Å². The van der Waals surface area contributed by atoms with Gasteiger partial charge in [0.2, 0.25) is 0 Å². The maximum Gasteiger partial charge on any atom is 0.121 e. The molecule has 0 aromatic heterocycles. The lowest BCUT2D eigenvalue weighted by Crippen LogP contribution is -2.44. The first-order valence-corrected chi connectivity index (χ1v) is 6.48. The largest absolute Gasteiger partial charge is 0.496 e. The van der Waals surface area contributed by atoms with Gasteiger partial charge in [0.1, 0.15) is 5.75 Å². The van der Waals surface area contributed by atoms with Crippen molar-refractivity contribution in [3.05, 3.63) is 42.0 Å². The van der Waals surface area contributed by atoms with Crippen LogP contribution in [0.2, 0.25) is 0 Å². The molecule has 1 fully saturated rings. The molecule has 2 rings (SSSR count). The number of piperazine rings is 1. The van der Waals surface area contributed by atoms with E-state index >= 15 is 0 Å². The summed E-state index contributed by atoms with van der Waals surface area (Å²) < 4.78 is 5.31. The Morgan fingerprint density at radius 3 is 2.67 bits per heavy atom. The zero-order chi connectivity index (χ0) is 13.0. The van der Waals surface area contributed by atoms with Gasteiger partial charge in [-0.1, -0.05) is 18.2 Å². The fraction of sp³-hybridized carbons (Fsp3) is 0.467. The van der Waals surface area contributed by atoms with Gasteiger partial charge < -0.3 is 10.1 Å². The van der Waals surface area contributed by atoms with E-state index in [1.165, 1.54) is 11.1 Å². The highest BCUT2D eigenvalue weighted by Gasteiger charge is 2.19. The molecule has 1 N–H and O–H groups in total. The zero-order valence-electron chi connectivity index (χ0n) is 11.3. The third kappa shape index (κ3) is 2.74. The number of ether oxygens (including phenoxy) is 1. The van der Waals surface area contributed by atoms with Crippen LogP contribution in [0.1, 0.15) is 17.2 Å². The maximum absolute atomic E-state index is 5.31. The number of hydrogen-bond acceptors (Lipinski definition) is 3. The van der Waals surface area contributed by atoms with Crippen LogP contribution < -0.4 is 10.1 Å². The van der Waals surface area contributed by atoms with Crippen LogP contribution in [0.25, 0.3) is 0 Å². The van der Waals surface area contributed by atoms with Crippen LogP contribution in [0.4, 0.5) is 0 Å². The Balaban J connectivity index is 2.21. The van der Waals surface area contributed by atoms with Crippen LogP contribution in [0.3, 0.4) is 0 Å². The van der Waals surface area contributed by atoms with Crippen LogP contribution in [0.5, 0.6) is 5.75 Å². The van der Waals surface area contributed by atoms with Crippen molar-refractivity contribution in [3.63, 3.8) is 0 Å². The van der Waals surface area contributed by atoms with Crippen LogP contribution in [-0.2, 0) is 0 Å². The van der Waals surface area contributed by atoms with Crippen molar-refractivity contribution >= 4 is 0 Å². The van der Waals surface area contributed by atoms with Crippen molar-refractivity contribution in [2.45, 2.75) is 13.0 Å². The molecule has 1 saturated heterocycles. The SMILES string of the molecule is C=C[C@@H](c1ccc(OC)c(C)c1)N1CCNCC1. The molecule has 3 nitrogen and oxygen atoms in total. The van der Waals surface area contributed by atoms with Gasteiger partial charge in [0.05, 0.1) is 13.2 Å². The number of rotatable bonds is 4. The third-order valence-corrected chi connectivity index (χ3v) is 3.53. The van der Waals surface area contributed by atoms with E-state index in [1.54, 1.807) is 7.11 Å². The molecule has 1 aliphatic rings. The third-order valence-electron chi connectivity index (χ3n) is 3.53. The van der Waals surface area contributed by atoms with Gasteiger partial charge in [-0.3, -0.25) is 4.90 Å². The number of benzene rings is 1. The molecule has 0 aliphatic carbocycles. The average Bonchev–Trinajstić information content (AvgIpc) is 2.41. The average molecular weight is 246 g/mol. The molecule has 1 atom stereocenters. The molecule has 1 aromatic carbocycles. The Bertz CT molecular complexity index is 411. The molecular weight excluding hydrogens is 224 g/mol. The first-order chi connectivity index (χ1) is 8.76. The number of nitrogens with one attached hydrogen (secondary N) is 1. The van der Waals surface area contributed by atoms with Crippen molar-refractivity contribution in [3.8, 4) is 5.75 Å². The summed E-state index contributed by atoms with van der Waals surface area (Å²) in [6.07, 6.45) is 2.03. The Hall–Kier alpha value is -1.32. The summed E-state index contributed by atoms with van der Waals surface area (Å²) in [6, 6.07) is 6.69. The van der Waals surface area contributed by atoms with Gasteiger partial charge >= 0.3 is 0 Å². The summed E-state index contributed by atoms with van der Waals surface area (Å²) in [5, 5.41) is 3.38. The van der Waals surface area contributed by atoms with Crippen LogP contribution in [-0.4, -0.2) is 38.2 Å². The van der Waals surface area contributed by atoms with E-state index in [2.05, 4.69) is 35.9 Å². The molecule has 0 unspecified atom stereocenters. The van der Waals surface area contributed by atoms with Gasteiger partial charge in [0.25, 0.3) is 0 Å². The molecule has 0 bridgehead atoms. The standard InChI is InChI=1S/C15H22N2O/c1-4-14(17-9-7-16-8-10-17)13-5-6-15(18-3)12(2)11-13/h4-6,11,14,16H,1,7-10H2,2-3H3/t14-/m0/s1. The Kier molecular flexibility index (Phi) is 4.39. The van der Waals surface area contributed by atoms with Crippen LogP contribution in [0, 0.1) is 6.92 Å². The number of methoxy groups -OCH3 is 1. The predicted molar refractivity (Wildman–Crippen MR) is 75.1 cm³/mol. The van der Waals surface area contributed by atoms with Gasteiger partial charge in [-0.05, 0) is 24.1 Å². The molecule has 0 saturated carbocycles. The number of hydrogen-bond donors (Lipinski definition) is 1. The molecule has 18 heavy (non-hydrogen) atoms. The molecule has 0 amide bonds. The second-order valence-electron chi connectivity index (χ2n) is 4.70. The van der Waals surface area contributed by atoms with E-state index in [0.29, 0.717) is 6.04 Å². The molecule has 3 heteroatoms. The Morgan fingerprint density at radius 1 is 1.39 bits per heavy atom. The monoisotopic (exact) mass is 246 g/mol. The van der Waals surface area contributed by atoms with Crippen LogP contribution in [0.15, 0.2) is 30.9 Å². The van der Waals surface area contributed by atoms with Gasteiger partial charge in [0, 0.05) is 26.2 Å². The van der Waals surface area contributed by atoms with E-state index in [-0.39, 0.29) is 0 Å². The number of nitrogens with zero attached hydrogens (tertiary/aromatic N) is 1. The van der Waals surface area contributed by atoms with Crippen molar-refractivity contribution in [1.82, 2.24) is 10.2 Å². The highest BCUT2D eigenvalue weighted by atomic mass is 16.5. The number of aryl methyl sites for hydroxylation is 1. The first kappa shape index (κ1) is 13.1. The van der Waals surface area contributed by atoms with Crippen molar-refractivity contribution in [1.29, 1.82) is 0 Å². The molecule has 1 aromatic rings. The van der Waals surface area contributed by atoms with Crippen LogP contribution >= 0.6 is 0 Å². The van der Waals surface area contributed by atoms with Gasteiger partial charge in [-0.2, -0.15) is 0 Å². The van der Waals surface area contributed by atoms with Gasteiger partial charge in [-0.15, -0.1) is 6.58 Å². The fourth-order valence-corrected chi connectivity index (χ4v) is 2.54. The quantitative estimate of drug-likeness (QED) is 0.824. The molecule has 0 radical (unpaired) electrons. The minimum atomic E-state index is 0.303. The van der Waals surface area contributed by atoms with E-state index < -0.39 is 0 Å². The molecule has 98 valence electrons. The van der Waals surface area contributed by atoms with Crippen molar-refractivity contribution in [2.75, 3.05) is 33.3 Å². The summed E-state index contributed by atoms with van der Waals surface area (Å²) in [4.78, 5) is 2.46. The summed E-state index contributed by atoms with van der Waals surface area (Å²) >= 11 is 0. The molecule has 1 aliphatic heterocycles. The highest BCUT2D eigenvalue weighted by Crippen LogP contribution is 2.27. The summed E-state index contributed by atoms with van der Waals surface area (Å²) in [6.45, 7) is 10.3. The van der Waals surface area contributed by atoms with Crippen molar-refractivity contribution in [2.24, 2.45) is 0 Å². The normalized spacial score (nSPS) is 18.3. The zero-order valence-corrected chi connectivity index (χ0v) is 11.3. The van der Waals surface area contributed by atoms with E-state index in [9.17, 15) is 0 Å². The summed E-state index contributed by atoms with van der Waals surface area (Å²) in [5.74, 6) is 0.946. The minimum Gasteiger partial charge on any atom is -0.496 e. The smallest absolute Gasteiger partial charge is 0.121 e. The second kappa shape index (κ2) is 6.03. The summed E-state index contributed by atoms with van der Waals surface area (Å²) in [7, 11) is 1.71. The minimum absolute atomic E-state index is 0.303. The lowest BCUT2D eigenvalue weighted by Gasteiger charge is -2.33. The lowest BCUT2D eigenvalue weighted by molar-refractivity contribution is 0.203. The van der Waals surface area contributed by atoms with E-state index in [0.717, 1.165) is 31.9 Å². The topological polar surface area (TPSA) is 24.5 Å². The molecular formula is C15H22N2O. The Labute approximate surface area is 109 Å². The maximum atomic E-state index is 5.31. The lowest BCUT2D eigenvalue weighted by atomic mass is 10.0.